The topological polar surface area (TPSA) is 82.8 Å². The lowest BCUT2D eigenvalue weighted by atomic mass is 9.94. The minimum absolute atomic E-state index is 0.168. The van der Waals surface area contributed by atoms with Gasteiger partial charge in [-0.25, -0.2) is 8.78 Å². The Morgan fingerprint density at radius 1 is 1.11 bits per heavy atom. The van der Waals surface area contributed by atoms with Crippen molar-refractivity contribution in [3.05, 3.63) is 83.6 Å². The van der Waals surface area contributed by atoms with E-state index in [4.69, 9.17) is 4.74 Å². The third kappa shape index (κ3) is 4.61. The summed E-state index contributed by atoms with van der Waals surface area (Å²) in [6.45, 7) is 2.85. The SMILES string of the molecule is COC(=O)C1(c2ccc(-c3cnc(-c4cnn(C)c4Cc4cncc(C(C)(C)F)n4)c(F)c3)cc2)CC1. The number of alkyl halides is 1. The number of esters is 1. The minimum Gasteiger partial charge on any atom is -0.468 e. The molecule has 1 saturated carbocycles. The molecule has 1 aliphatic carbocycles. The van der Waals surface area contributed by atoms with Crippen molar-refractivity contribution in [3.8, 4) is 22.4 Å². The first-order valence-electron chi connectivity index (χ1n) is 12.0. The molecule has 7 nitrogen and oxygen atoms in total. The Morgan fingerprint density at radius 2 is 1.84 bits per heavy atom. The lowest BCUT2D eigenvalue weighted by Crippen LogP contribution is -2.21. The molecule has 0 bridgehead atoms. The molecule has 3 heterocycles. The highest BCUT2D eigenvalue weighted by molar-refractivity contribution is 5.86. The lowest BCUT2D eigenvalue weighted by molar-refractivity contribution is -0.143. The summed E-state index contributed by atoms with van der Waals surface area (Å²) in [5.74, 6) is -0.718. The average Bonchev–Trinajstić information content (AvgIpc) is 3.63. The number of aromatic nitrogens is 5. The van der Waals surface area contributed by atoms with Crippen LogP contribution in [-0.2, 0) is 34.1 Å². The predicted octanol–water partition coefficient (Wildman–Crippen LogP) is 5.08. The first-order valence-corrected chi connectivity index (χ1v) is 12.0. The molecule has 0 spiro atoms. The number of carbonyl (C=O) groups is 1. The third-order valence-electron chi connectivity index (χ3n) is 6.90. The predicted molar refractivity (Wildman–Crippen MR) is 134 cm³/mol. The summed E-state index contributed by atoms with van der Waals surface area (Å²) < 4.78 is 36.3. The molecule has 0 amide bonds. The molecule has 0 N–H and O–H groups in total. The molecule has 0 unspecified atom stereocenters. The summed E-state index contributed by atoms with van der Waals surface area (Å²) in [5, 5.41) is 4.29. The molecule has 9 heteroatoms. The van der Waals surface area contributed by atoms with Gasteiger partial charge in [0.25, 0.3) is 0 Å². The van der Waals surface area contributed by atoms with E-state index in [2.05, 4.69) is 20.1 Å². The van der Waals surface area contributed by atoms with E-state index >= 15 is 4.39 Å². The fourth-order valence-corrected chi connectivity index (χ4v) is 4.53. The van der Waals surface area contributed by atoms with Gasteiger partial charge in [0.05, 0.1) is 42.0 Å². The zero-order valence-electron chi connectivity index (χ0n) is 21.1. The molecule has 1 fully saturated rings. The molecule has 0 aliphatic heterocycles. The standard InChI is InChI=1S/C28H27F2N5O2/c1-27(2,30)24-16-31-14-20(34-24)12-23-21(15-33-35(23)3)25-22(29)11-18(13-32-25)17-5-7-19(8-6-17)28(9-10-28)26(36)37-4/h5-8,11,13-16H,9-10,12H2,1-4H3. The van der Waals surface area contributed by atoms with Crippen molar-refractivity contribution in [2.75, 3.05) is 7.11 Å². The van der Waals surface area contributed by atoms with Crippen LogP contribution >= 0.6 is 0 Å². The average molecular weight is 504 g/mol. The number of nitrogens with zero attached hydrogens (tertiary/aromatic N) is 5. The van der Waals surface area contributed by atoms with E-state index < -0.39 is 16.9 Å². The zero-order valence-corrected chi connectivity index (χ0v) is 21.1. The van der Waals surface area contributed by atoms with E-state index in [0.29, 0.717) is 22.5 Å². The lowest BCUT2D eigenvalue weighted by Gasteiger charge is -2.14. The first-order chi connectivity index (χ1) is 17.6. The van der Waals surface area contributed by atoms with Crippen molar-refractivity contribution in [3.63, 3.8) is 0 Å². The Labute approximate surface area is 213 Å². The summed E-state index contributed by atoms with van der Waals surface area (Å²) in [6.07, 6.45) is 7.96. The van der Waals surface area contributed by atoms with E-state index in [9.17, 15) is 9.18 Å². The highest BCUT2D eigenvalue weighted by Gasteiger charge is 2.52. The zero-order chi connectivity index (χ0) is 26.4. The number of pyridine rings is 1. The van der Waals surface area contributed by atoms with Gasteiger partial charge >= 0.3 is 5.97 Å². The van der Waals surface area contributed by atoms with Crippen LogP contribution in [0.2, 0.25) is 0 Å². The van der Waals surface area contributed by atoms with Crippen LogP contribution in [0, 0.1) is 5.82 Å². The molecule has 0 atom stereocenters. The molecule has 0 saturated heterocycles. The smallest absolute Gasteiger partial charge is 0.316 e. The van der Waals surface area contributed by atoms with Gasteiger partial charge in [-0.05, 0) is 43.9 Å². The summed E-state index contributed by atoms with van der Waals surface area (Å²) >= 11 is 0. The van der Waals surface area contributed by atoms with Crippen LogP contribution in [0.1, 0.15) is 49.3 Å². The maximum atomic E-state index is 15.4. The number of aryl methyl sites for hydroxylation is 1. The molecule has 1 aromatic carbocycles. The normalized spacial score (nSPS) is 14.4. The van der Waals surface area contributed by atoms with Crippen LogP contribution in [-0.4, -0.2) is 37.8 Å². The Bertz CT molecular complexity index is 1470. The van der Waals surface area contributed by atoms with Crippen LogP contribution < -0.4 is 0 Å². The summed E-state index contributed by atoms with van der Waals surface area (Å²) in [6, 6.07) is 8.94. The Kier molecular flexibility index (Phi) is 6.09. The van der Waals surface area contributed by atoms with Crippen LogP contribution in [0.5, 0.6) is 0 Å². The second-order valence-corrected chi connectivity index (χ2v) is 9.88. The molecule has 5 rings (SSSR count). The second-order valence-electron chi connectivity index (χ2n) is 9.88. The van der Waals surface area contributed by atoms with Crippen molar-refractivity contribution in [1.82, 2.24) is 24.7 Å². The van der Waals surface area contributed by atoms with Gasteiger partial charge in [0, 0.05) is 37.0 Å². The van der Waals surface area contributed by atoms with E-state index in [1.54, 1.807) is 30.3 Å². The van der Waals surface area contributed by atoms with E-state index in [1.165, 1.54) is 33.2 Å². The summed E-state index contributed by atoms with van der Waals surface area (Å²) in [4.78, 5) is 25.1. The monoisotopic (exact) mass is 503 g/mol. The minimum atomic E-state index is -1.63. The fourth-order valence-electron chi connectivity index (χ4n) is 4.53. The number of rotatable bonds is 7. The van der Waals surface area contributed by atoms with Crippen molar-refractivity contribution in [1.29, 1.82) is 0 Å². The number of hydrogen-bond acceptors (Lipinski definition) is 6. The van der Waals surface area contributed by atoms with Gasteiger partial charge in [0.15, 0.2) is 0 Å². The van der Waals surface area contributed by atoms with Crippen molar-refractivity contribution in [2.24, 2.45) is 7.05 Å². The van der Waals surface area contributed by atoms with Crippen molar-refractivity contribution >= 4 is 5.97 Å². The maximum absolute atomic E-state index is 15.4. The Balaban J connectivity index is 1.42. The van der Waals surface area contributed by atoms with Gasteiger partial charge in [-0.1, -0.05) is 24.3 Å². The van der Waals surface area contributed by atoms with Crippen molar-refractivity contribution in [2.45, 2.75) is 44.2 Å². The molecule has 4 aromatic rings. The third-order valence-corrected chi connectivity index (χ3v) is 6.90. The van der Waals surface area contributed by atoms with Gasteiger partial charge in [0.2, 0.25) is 0 Å². The largest absolute Gasteiger partial charge is 0.468 e. The Morgan fingerprint density at radius 3 is 2.46 bits per heavy atom. The Hall–Kier alpha value is -4.01. The number of ether oxygens (including phenoxy) is 1. The number of benzene rings is 1. The van der Waals surface area contributed by atoms with Gasteiger partial charge in [-0.15, -0.1) is 0 Å². The van der Waals surface area contributed by atoms with Gasteiger partial charge in [0.1, 0.15) is 17.2 Å². The van der Waals surface area contributed by atoms with Crippen LogP contribution in [0.15, 0.2) is 55.1 Å². The van der Waals surface area contributed by atoms with Crippen LogP contribution in [0.25, 0.3) is 22.4 Å². The molecular formula is C28H27F2N5O2. The molecular weight excluding hydrogens is 476 g/mol. The number of carbonyl (C=O) groups excluding carboxylic acids is 1. The quantitative estimate of drug-likeness (QED) is 0.327. The van der Waals surface area contributed by atoms with Crippen LogP contribution in [0.3, 0.4) is 0 Å². The highest BCUT2D eigenvalue weighted by atomic mass is 19.1. The molecule has 1 aliphatic rings. The maximum Gasteiger partial charge on any atom is 0.316 e. The van der Waals surface area contributed by atoms with Gasteiger partial charge < -0.3 is 4.74 Å². The molecule has 3 aromatic heterocycles. The molecule has 37 heavy (non-hydrogen) atoms. The van der Waals surface area contributed by atoms with E-state index in [-0.39, 0.29) is 23.8 Å². The first kappa shape index (κ1) is 24.7. The van der Waals surface area contributed by atoms with Gasteiger partial charge in [-0.2, -0.15) is 5.10 Å². The van der Waals surface area contributed by atoms with E-state index in [0.717, 1.165) is 24.0 Å². The molecule has 190 valence electrons. The van der Waals surface area contributed by atoms with Crippen molar-refractivity contribution < 1.29 is 18.3 Å². The van der Waals surface area contributed by atoms with E-state index in [1.807, 2.05) is 24.3 Å². The van der Waals surface area contributed by atoms with Crippen LogP contribution in [0.4, 0.5) is 8.78 Å². The second kappa shape index (κ2) is 9.14. The summed E-state index contributed by atoms with van der Waals surface area (Å²) in [5.41, 5.74) is 2.28. The fraction of sp³-hybridized carbons (Fsp3) is 0.321. The summed E-state index contributed by atoms with van der Waals surface area (Å²) in [7, 11) is 3.15. The number of hydrogen-bond donors (Lipinski definition) is 0. The number of methoxy groups -OCH3 is 1. The molecule has 0 radical (unpaired) electrons. The van der Waals surface area contributed by atoms with Gasteiger partial charge in [-0.3, -0.25) is 24.4 Å². The number of halogens is 2. The highest BCUT2D eigenvalue weighted by Crippen LogP contribution is 2.49.